The van der Waals surface area contributed by atoms with E-state index in [9.17, 15) is 19.7 Å². The van der Waals surface area contributed by atoms with Crippen molar-refractivity contribution in [2.75, 3.05) is 25.1 Å². The summed E-state index contributed by atoms with van der Waals surface area (Å²) in [5.41, 5.74) is 3.38. The molecule has 0 aromatic carbocycles. The average Bonchev–Trinajstić information content (AvgIpc) is 3.45. The van der Waals surface area contributed by atoms with Crippen molar-refractivity contribution >= 4 is 46.0 Å². The van der Waals surface area contributed by atoms with Crippen molar-refractivity contribution in [2.45, 2.75) is 32.6 Å². The highest BCUT2D eigenvalue weighted by Gasteiger charge is 2.29. The topological polar surface area (TPSA) is 134 Å². The third-order valence-electron chi connectivity index (χ3n) is 5.53. The maximum atomic E-state index is 12.8. The lowest BCUT2D eigenvalue weighted by atomic mass is 9.97. The van der Waals surface area contributed by atoms with Crippen LogP contribution in [0.3, 0.4) is 0 Å². The fraction of sp³-hybridized carbons (Fsp3) is 0.381. The van der Waals surface area contributed by atoms with Gasteiger partial charge in [0.15, 0.2) is 0 Å². The zero-order valence-corrected chi connectivity index (χ0v) is 20.5. The standard InChI is InChI=1S/C21H23N7O4S2/c1-12-17(34-13(2)23-12)21(30)27-9-6-14(7-10-27)20-24-15(11-33-20)19(29)25-26(3)18-16(28(31)32)5-4-8-22-18/h4-5,8,11,14H,6-7,9-10H2,1-3H3,(H,25,29). The van der Waals surface area contributed by atoms with Crippen LogP contribution in [0.25, 0.3) is 0 Å². The lowest BCUT2D eigenvalue weighted by Gasteiger charge is -2.30. The van der Waals surface area contributed by atoms with E-state index < -0.39 is 10.8 Å². The van der Waals surface area contributed by atoms with Crippen LogP contribution in [0, 0.1) is 24.0 Å². The van der Waals surface area contributed by atoms with Crippen LogP contribution in [-0.2, 0) is 0 Å². The number of thiazole rings is 2. The van der Waals surface area contributed by atoms with Gasteiger partial charge in [-0.05, 0) is 32.8 Å². The van der Waals surface area contributed by atoms with Crippen molar-refractivity contribution < 1.29 is 14.5 Å². The van der Waals surface area contributed by atoms with Crippen LogP contribution >= 0.6 is 22.7 Å². The molecule has 4 heterocycles. The maximum Gasteiger partial charge on any atom is 0.313 e. The van der Waals surface area contributed by atoms with Gasteiger partial charge < -0.3 is 4.90 Å². The molecule has 1 saturated heterocycles. The molecule has 0 saturated carbocycles. The van der Waals surface area contributed by atoms with Gasteiger partial charge in [-0.15, -0.1) is 22.7 Å². The predicted octanol–water partition coefficient (Wildman–Crippen LogP) is 3.32. The number of piperidine rings is 1. The summed E-state index contributed by atoms with van der Waals surface area (Å²) in [5, 5.41) is 15.8. The molecule has 0 spiro atoms. The van der Waals surface area contributed by atoms with Gasteiger partial charge in [0, 0.05) is 43.7 Å². The number of hydrogen-bond donors (Lipinski definition) is 1. The first-order chi connectivity index (χ1) is 16.2. The summed E-state index contributed by atoms with van der Waals surface area (Å²) in [6.45, 7) is 4.99. The number of nitro groups is 1. The number of pyridine rings is 1. The highest BCUT2D eigenvalue weighted by atomic mass is 32.1. The summed E-state index contributed by atoms with van der Waals surface area (Å²) in [4.78, 5) is 51.6. The van der Waals surface area contributed by atoms with Gasteiger partial charge in [0.05, 0.1) is 20.6 Å². The first-order valence-corrected chi connectivity index (χ1v) is 12.3. The van der Waals surface area contributed by atoms with E-state index in [0.717, 1.165) is 28.6 Å². The summed E-state index contributed by atoms with van der Waals surface area (Å²) < 4.78 is 0. The number of anilines is 1. The first-order valence-electron chi connectivity index (χ1n) is 10.6. The van der Waals surface area contributed by atoms with Crippen molar-refractivity contribution in [1.29, 1.82) is 0 Å². The van der Waals surface area contributed by atoms with Crippen LogP contribution in [0.5, 0.6) is 0 Å². The number of likely N-dealkylation sites (tertiary alicyclic amines) is 1. The van der Waals surface area contributed by atoms with Crippen LogP contribution in [0.2, 0.25) is 0 Å². The number of nitrogens with one attached hydrogen (secondary N) is 1. The highest BCUT2D eigenvalue weighted by molar-refractivity contribution is 7.13. The van der Waals surface area contributed by atoms with Crippen molar-refractivity contribution in [3.8, 4) is 0 Å². The summed E-state index contributed by atoms with van der Waals surface area (Å²) in [7, 11) is 1.49. The van der Waals surface area contributed by atoms with Crippen LogP contribution < -0.4 is 10.4 Å². The van der Waals surface area contributed by atoms with Crippen molar-refractivity contribution in [3.63, 3.8) is 0 Å². The van der Waals surface area contributed by atoms with E-state index in [-0.39, 0.29) is 29.0 Å². The fourth-order valence-electron chi connectivity index (χ4n) is 3.83. The lowest BCUT2D eigenvalue weighted by molar-refractivity contribution is -0.384. The number of hydrazine groups is 1. The minimum Gasteiger partial charge on any atom is -0.338 e. The number of aryl methyl sites for hydroxylation is 2. The molecule has 1 aliphatic rings. The Kier molecular flexibility index (Phi) is 6.84. The van der Waals surface area contributed by atoms with E-state index in [4.69, 9.17) is 0 Å². The Bertz CT molecular complexity index is 1230. The summed E-state index contributed by atoms with van der Waals surface area (Å²) in [5.74, 6) is -0.268. The molecule has 0 atom stereocenters. The van der Waals surface area contributed by atoms with E-state index >= 15 is 0 Å². The van der Waals surface area contributed by atoms with Gasteiger partial charge in [0.2, 0.25) is 5.82 Å². The highest BCUT2D eigenvalue weighted by Crippen LogP contribution is 2.32. The number of nitrogens with zero attached hydrogens (tertiary/aromatic N) is 6. The van der Waals surface area contributed by atoms with Crippen LogP contribution in [0.15, 0.2) is 23.7 Å². The minimum atomic E-state index is -0.555. The maximum absolute atomic E-state index is 12.8. The average molecular weight is 502 g/mol. The second-order valence-corrected chi connectivity index (χ2v) is 9.98. The van der Waals surface area contributed by atoms with E-state index in [1.807, 2.05) is 18.7 Å². The number of carbonyl (C=O) groups is 2. The Balaban J connectivity index is 1.36. The number of carbonyl (C=O) groups excluding carboxylic acids is 2. The quantitative estimate of drug-likeness (QED) is 0.401. The Morgan fingerprint density at radius 1 is 1.26 bits per heavy atom. The van der Waals surface area contributed by atoms with Gasteiger partial charge in [-0.2, -0.15) is 0 Å². The third kappa shape index (κ3) is 4.89. The van der Waals surface area contributed by atoms with Gasteiger partial charge in [-0.25, -0.2) is 15.0 Å². The molecule has 3 aromatic heterocycles. The number of amides is 2. The molecular formula is C21H23N7O4S2. The van der Waals surface area contributed by atoms with Gasteiger partial charge in [0.1, 0.15) is 10.6 Å². The summed E-state index contributed by atoms with van der Waals surface area (Å²) in [6.07, 6.45) is 2.94. The van der Waals surface area contributed by atoms with Gasteiger partial charge in [-0.3, -0.25) is 30.1 Å². The second-order valence-electron chi connectivity index (χ2n) is 7.89. The molecule has 11 nitrogen and oxygen atoms in total. The normalized spacial score (nSPS) is 14.1. The molecule has 1 aliphatic heterocycles. The number of rotatable bonds is 6. The smallest absolute Gasteiger partial charge is 0.313 e. The molecule has 34 heavy (non-hydrogen) atoms. The molecule has 4 rings (SSSR count). The molecule has 178 valence electrons. The SMILES string of the molecule is Cc1nc(C)c(C(=O)N2CCC(c3nc(C(=O)NN(C)c4ncccc4[N+](=O)[O-])cs3)CC2)s1. The second kappa shape index (κ2) is 9.81. The van der Waals surface area contributed by atoms with E-state index in [2.05, 4.69) is 20.4 Å². The number of hydrogen-bond acceptors (Lipinski definition) is 10. The lowest BCUT2D eigenvalue weighted by Crippen LogP contribution is -2.40. The predicted molar refractivity (Wildman–Crippen MR) is 128 cm³/mol. The molecule has 0 unspecified atom stereocenters. The van der Waals surface area contributed by atoms with Gasteiger partial charge in [0.25, 0.3) is 11.8 Å². The monoisotopic (exact) mass is 501 g/mol. The van der Waals surface area contributed by atoms with Crippen molar-refractivity contribution in [2.24, 2.45) is 0 Å². The van der Waals surface area contributed by atoms with Gasteiger partial charge in [-0.1, -0.05) is 0 Å². The minimum absolute atomic E-state index is 0.0207. The Hall–Kier alpha value is -3.45. The van der Waals surface area contributed by atoms with Gasteiger partial charge >= 0.3 is 5.69 Å². The largest absolute Gasteiger partial charge is 0.338 e. The molecule has 13 heteroatoms. The molecule has 0 radical (unpaired) electrons. The molecule has 1 fully saturated rings. The molecule has 0 bridgehead atoms. The van der Waals surface area contributed by atoms with Crippen LogP contribution in [0.1, 0.15) is 54.6 Å². The first kappa shape index (κ1) is 23.7. The van der Waals surface area contributed by atoms with E-state index in [1.54, 1.807) is 5.38 Å². The molecule has 2 amide bonds. The third-order valence-corrected chi connectivity index (χ3v) is 7.60. The Morgan fingerprint density at radius 3 is 2.65 bits per heavy atom. The molecule has 0 aliphatic carbocycles. The Morgan fingerprint density at radius 2 is 2.00 bits per heavy atom. The van der Waals surface area contributed by atoms with E-state index in [0.29, 0.717) is 18.0 Å². The summed E-state index contributed by atoms with van der Waals surface area (Å²) in [6, 6.07) is 2.78. The van der Waals surface area contributed by atoms with Crippen LogP contribution in [0.4, 0.5) is 11.5 Å². The zero-order chi connectivity index (χ0) is 24.4. The Labute approximate surface area is 203 Å². The molecule has 1 N–H and O–H groups in total. The zero-order valence-electron chi connectivity index (χ0n) is 18.8. The van der Waals surface area contributed by atoms with Crippen LogP contribution in [-0.4, -0.2) is 56.7 Å². The summed E-state index contributed by atoms with van der Waals surface area (Å²) >= 11 is 2.82. The van der Waals surface area contributed by atoms with Crippen molar-refractivity contribution in [3.05, 3.63) is 60.1 Å². The van der Waals surface area contributed by atoms with Crippen molar-refractivity contribution in [1.82, 2.24) is 25.3 Å². The molecular weight excluding hydrogens is 478 g/mol. The fourth-order valence-corrected chi connectivity index (χ4v) is 5.69. The molecule has 3 aromatic rings. The van der Waals surface area contributed by atoms with E-state index in [1.165, 1.54) is 53.1 Å². The number of aromatic nitrogens is 3.